The number of rotatable bonds is 2. The van der Waals surface area contributed by atoms with Gasteiger partial charge in [0.1, 0.15) is 0 Å². The van der Waals surface area contributed by atoms with Crippen LogP contribution in [0.5, 0.6) is 0 Å². The number of allylic oxidation sites excluding steroid dienone is 2. The van der Waals surface area contributed by atoms with Crippen molar-refractivity contribution in [1.29, 1.82) is 0 Å². The van der Waals surface area contributed by atoms with Gasteiger partial charge >= 0.3 is 0 Å². The van der Waals surface area contributed by atoms with Crippen molar-refractivity contribution in [2.45, 2.75) is 33.6 Å². The van der Waals surface area contributed by atoms with Gasteiger partial charge in [0.25, 0.3) is 0 Å². The van der Waals surface area contributed by atoms with Crippen LogP contribution in [0.15, 0.2) is 12.2 Å². The Labute approximate surface area is 58.0 Å². The standard InChI is InChI=1S/C9H16/c1-4-5-9(6-7-9)8(2)3/h4-5,8H,6-7H2,1-3H3/b5-4+. The van der Waals surface area contributed by atoms with E-state index in [9.17, 15) is 0 Å². The number of hydrogen-bond donors (Lipinski definition) is 0. The summed E-state index contributed by atoms with van der Waals surface area (Å²) in [5, 5.41) is 0. The third kappa shape index (κ3) is 1.17. The first-order chi connectivity index (χ1) is 4.21. The van der Waals surface area contributed by atoms with Gasteiger partial charge < -0.3 is 0 Å². The van der Waals surface area contributed by atoms with Crippen LogP contribution in [0.25, 0.3) is 0 Å². The van der Waals surface area contributed by atoms with Gasteiger partial charge in [0, 0.05) is 0 Å². The predicted octanol–water partition coefficient (Wildman–Crippen LogP) is 3.00. The summed E-state index contributed by atoms with van der Waals surface area (Å²) in [4.78, 5) is 0. The third-order valence-electron chi connectivity index (χ3n) is 2.48. The molecule has 0 radical (unpaired) electrons. The Balaban J connectivity index is 2.52. The molecule has 1 aliphatic rings. The van der Waals surface area contributed by atoms with Crippen molar-refractivity contribution in [2.75, 3.05) is 0 Å². The Morgan fingerprint density at radius 3 is 2.00 bits per heavy atom. The Kier molecular flexibility index (Phi) is 1.65. The normalized spacial score (nSPS) is 23.6. The fraction of sp³-hybridized carbons (Fsp3) is 0.778. The first-order valence-corrected chi connectivity index (χ1v) is 3.85. The van der Waals surface area contributed by atoms with Crippen LogP contribution in [0.2, 0.25) is 0 Å². The zero-order chi connectivity index (χ0) is 6.91. The van der Waals surface area contributed by atoms with Gasteiger partial charge in [0.05, 0.1) is 0 Å². The molecule has 0 saturated heterocycles. The fourth-order valence-corrected chi connectivity index (χ4v) is 1.41. The van der Waals surface area contributed by atoms with Crippen molar-refractivity contribution in [2.24, 2.45) is 11.3 Å². The first kappa shape index (κ1) is 6.85. The highest BCUT2D eigenvalue weighted by atomic mass is 14.5. The maximum absolute atomic E-state index is 2.37. The lowest BCUT2D eigenvalue weighted by Crippen LogP contribution is -2.04. The van der Waals surface area contributed by atoms with Crippen molar-refractivity contribution in [3.05, 3.63) is 12.2 Å². The van der Waals surface area contributed by atoms with E-state index in [-0.39, 0.29) is 0 Å². The average Bonchev–Trinajstić information content (AvgIpc) is 2.49. The minimum absolute atomic E-state index is 0.620. The summed E-state index contributed by atoms with van der Waals surface area (Å²) >= 11 is 0. The van der Waals surface area contributed by atoms with E-state index in [4.69, 9.17) is 0 Å². The summed E-state index contributed by atoms with van der Waals surface area (Å²) < 4.78 is 0. The monoisotopic (exact) mass is 124 g/mol. The van der Waals surface area contributed by atoms with Crippen LogP contribution < -0.4 is 0 Å². The maximum atomic E-state index is 2.37. The zero-order valence-electron chi connectivity index (χ0n) is 6.65. The second-order valence-electron chi connectivity index (χ2n) is 3.39. The highest BCUT2D eigenvalue weighted by molar-refractivity contribution is 5.09. The predicted molar refractivity (Wildman–Crippen MR) is 41.3 cm³/mol. The molecule has 0 bridgehead atoms. The second kappa shape index (κ2) is 2.17. The van der Waals surface area contributed by atoms with E-state index < -0.39 is 0 Å². The molecule has 0 heterocycles. The molecule has 0 nitrogen and oxygen atoms in total. The molecule has 1 aliphatic carbocycles. The molecule has 52 valence electrons. The molecular formula is C9H16. The van der Waals surface area contributed by atoms with Crippen LogP contribution in [0.3, 0.4) is 0 Å². The van der Waals surface area contributed by atoms with Gasteiger partial charge in [-0.2, -0.15) is 0 Å². The maximum Gasteiger partial charge on any atom is -0.00947 e. The average molecular weight is 124 g/mol. The molecule has 0 atom stereocenters. The van der Waals surface area contributed by atoms with Crippen LogP contribution in [0, 0.1) is 11.3 Å². The van der Waals surface area contributed by atoms with Gasteiger partial charge in [-0.05, 0) is 31.1 Å². The lowest BCUT2D eigenvalue weighted by molar-refractivity contribution is 0.447. The lowest BCUT2D eigenvalue weighted by atomic mass is 9.92. The molecule has 0 heteroatoms. The molecule has 0 N–H and O–H groups in total. The van der Waals surface area contributed by atoms with Crippen LogP contribution in [0.4, 0.5) is 0 Å². The van der Waals surface area contributed by atoms with E-state index in [0.717, 1.165) is 5.92 Å². The summed E-state index contributed by atoms with van der Waals surface area (Å²) in [5.74, 6) is 0.841. The topological polar surface area (TPSA) is 0 Å². The van der Waals surface area contributed by atoms with Crippen molar-refractivity contribution >= 4 is 0 Å². The smallest absolute Gasteiger partial charge is 0.00947 e. The van der Waals surface area contributed by atoms with E-state index in [1.54, 1.807) is 0 Å². The summed E-state index contributed by atoms with van der Waals surface area (Å²) in [6.45, 7) is 6.74. The van der Waals surface area contributed by atoms with Gasteiger partial charge in [0.15, 0.2) is 0 Å². The Bertz CT molecular complexity index is 116. The highest BCUT2D eigenvalue weighted by Gasteiger charge is 2.42. The van der Waals surface area contributed by atoms with E-state index in [2.05, 4.69) is 32.9 Å². The van der Waals surface area contributed by atoms with Gasteiger partial charge in [-0.15, -0.1) is 0 Å². The van der Waals surface area contributed by atoms with Crippen molar-refractivity contribution in [3.63, 3.8) is 0 Å². The molecule has 9 heavy (non-hydrogen) atoms. The van der Waals surface area contributed by atoms with Gasteiger partial charge in [-0.1, -0.05) is 26.0 Å². The third-order valence-corrected chi connectivity index (χ3v) is 2.48. The van der Waals surface area contributed by atoms with Crippen molar-refractivity contribution in [3.8, 4) is 0 Å². The largest absolute Gasteiger partial charge is 0.0911 e. The molecule has 0 aromatic heterocycles. The molecule has 1 fully saturated rings. The fourth-order valence-electron chi connectivity index (χ4n) is 1.41. The first-order valence-electron chi connectivity index (χ1n) is 3.85. The molecule has 0 amide bonds. The molecule has 0 aliphatic heterocycles. The lowest BCUT2D eigenvalue weighted by Gasteiger charge is -2.13. The van der Waals surface area contributed by atoms with Gasteiger partial charge in [0.2, 0.25) is 0 Å². The molecule has 0 spiro atoms. The van der Waals surface area contributed by atoms with Crippen LogP contribution >= 0.6 is 0 Å². The minimum Gasteiger partial charge on any atom is -0.0911 e. The summed E-state index contributed by atoms with van der Waals surface area (Å²) in [6, 6.07) is 0. The quantitative estimate of drug-likeness (QED) is 0.496. The Morgan fingerprint density at radius 2 is 1.89 bits per heavy atom. The molecule has 0 unspecified atom stereocenters. The Morgan fingerprint density at radius 1 is 1.33 bits per heavy atom. The van der Waals surface area contributed by atoms with E-state index in [0.29, 0.717) is 5.41 Å². The van der Waals surface area contributed by atoms with E-state index in [1.165, 1.54) is 12.8 Å². The van der Waals surface area contributed by atoms with Crippen molar-refractivity contribution < 1.29 is 0 Å². The molecule has 1 rings (SSSR count). The van der Waals surface area contributed by atoms with Crippen LogP contribution in [-0.2, 0) is 0 Å². The van der Waals surface area contributed by atoms with E-state index in [1.807, 2.05) is 0 Å². The SMILES string of the molecule is C/C=C/C1(C(C)C)CC1. The van der Waals surface area contributed by atoms with Gasteiger partial charge in [-0.3, -0.25) is 0 Å². The molecule has 0 aromatic carbocycles. The molecule has 0 aromatic rings. The van der Waals surface area contributed by atoms with E-state index >= 15 is 0 Å². The van der Waals surface area contributed by atoms with Crippen LogP contribution in [0.1, 0.15) is 33.6 Å². The number of hydrogen-bond acceptors (Lipinski definition) is 0. The van der Waals surface area contributed by atoms with Crippen molar-refractivity contribution in [1.82, 2.24) is 0 Å². The Hall–Kier alpha value is -0.260. The summed E-state index contributed by atoms with van der Waals surface area (Å²) in [5.41, 5.74) is 0.620. The van der Waals surface area contributed by atoms with Crippen LogP contribution in [-0.4, -0.2) is 0 Å². The molecular weight excluding hydrogens is 108 g/mol. The molecule has 1 saturated carbocycles. The summed E-state index contributed by atoms with van der Waals surface area (Å²) in [7, 11) is 0. The summed E-state index contributed by atoms with van der Waals surface area (Å²) in [6.07, 6.45) is 7.38. The zero-order valence-corrected chi connectivity index (χ0v) is 6.65. The minimum atomic E-state index is 0.620. The highest BCUT2D eigenvalue weighted by Crippen LogP contribution is 2.52. The van der Waals surface area contributed by atoms with Gasteiger partial charge in [-0.25, -0.2) is 0 Å². The second-order valence-corrected chi connectivity index (χ2v) is 3.39.